The van der Waals surface area contributed by atoms with Gasteiger partial charge in [-0.2, -0.15) is 0 Å². The molecular weight excluding hydrogens is 274 g/mol. The SMILES string of the molecule is Cc1c(C(=O)N(C)C)sc(N)c1C(=O)NC1CCCC1. The maximum atomic E-state index is 12.3. The summed E-state index contributed by atoms with van der Waals surface area (Å²) in [6.07, 6.45) is 4.37. The molecule has 0 aromatic carbocycles. The topological polar surface area (TPSA) is 75.4 Å². The smallest absolute Gasteiger partial charge is 0.263 e. The largest absolute Gasteiger partial charge is 0.390 e. The van der Waals surface area contributed by atoms with E-state index >= 15 is 0 Å². The number of nitrogens with two attached hydrogens (primary N) is 1. The molecule has 0 bridgehead atoms. The molecule has 1 saturated carbocycles. The normalized spacial score (nSPS) is 15.3. The fourth-order valence-electron chi connectivity index (χ4n) is 2.55. The maximum absolute atomic E-state index is 12.3. The highest BCUT2D eigenvalue weighted by Gasteiger charge is 2.26. The minimum Gasteiger partial charge on any atom is -0.390 e. The summed E-state index contributed by atoms with van der Waals surface area (Å²) in [5, 5.41) is 3.44. The number of anilines is 1. The molecule has 6 heteroatoms. The molecule has 3 N–H and O–H groups in total. The van der Waals surface area contributed by atoms with Crippen molar-refractivity contribution in [3.63, 3.8) is 0 Å². The minimum atomic E-state index is -0.152. The van der Waals surface area contributed by atoms with Crippen LogP contribution in [0.1, 0.15) is 51.3 Å². The lowest BCUT2D eigenvalue weighted by atomic mass is 10.1. The van der Waals surface area contributed by atoms with Gasteiger partial charge < -0.3 is 16.0 Å². The van der Waals surface area contributed by atoms with Gasteiger partial charge in [0.2, 0.25) is 0 Å². The lowest BCUT2D eigenvalue weighted by Gasteiger charge is -2.12. The van der Waals surface area contributed by atoms with Crippen molar-refractivity contribution in [2.24, 2.45) is 0 Å². The number of nitrogens with zero attached hydrogens (tertiary/aromatic N) is 1. The number of hydrogen-bond donors (Lipinski definition) is 2. The second-order valence-electron chi connectivity index (χ2n) is 5.45. The van der Waals surface area contributed by atoms with Crippen LogP contribution in [0, 0.1) is 6.92 Å². The molecule has 0 atom stereocenters. The Hall–Kier alpha value is -1.56. The van der Waals surface area contributed by atoms with Gasteiger partial charge in [0.25, 0.3) is 11.8 Å². The first-order chi connectivity index (χ1) is 9.41. The fraction of sp³-hybridized carbons (Fsp3) is 0.571. The van der Waals surface area contributed by atoms with E-state index in [4.69, 9.17) is 5.73 Å². The summed E-state index contributed by atoms with van der Waals surface area (Å²) in [6, 6.07) is 0.245. The second-order valence-corrected chi connectivity index (χ2v) is 6.50. The summed E-state index contributed by atoms with van der Waals surface area (Å²) in [7, 11) is 3.38. The van der Waals surface area contributed by atoms with Crippen molar-refractivity contribution < 1.29 is 9.59 Å². The Labute approximate surface area is 123 Å². The van der Waals surface area contributed by atoms with Crippen LogP contribution < -0.4 is 11.1 Å². The first-order valence-electron chi connectivity index (χ1n) is 6.83. The Morgan fingerprint density at radius 3 is 2.45 bits per heavy atom. The van der Waals surface area contributed by atoms with Gasteiger partial charge in [0.15, 0.2) is 0 Å². The highest BCUT2D eigenvalue weighted by atomic mass is 32.1. The van der Waals surface area contributed by atoms with Gasteiger partial charge in [-0.05, 0) is 25.3 Å². The van der Waals surface area contributed by atoms with Gasteiger partial charge in [-0.25, -0.2) is 0 Å². The summed E-state index contributed by atoms with van der Waals surface area (Å²) in [5.74, 6) is -0.264. The summed E-state index contributed by atoms with van der Waals surface area (Å²) < 4.78 is 0. The van der Waals surface area contributed by atoms with E-state index < -0.39 is 0 Å². The van der Waals surface area contributed by atoms with E-state index in [2.05, 4.69) is 5.32 Å². The molecule has 1 aromatic rings. The Bertz CT molecular complexity index is 531. The van der Waals surface area contributed by atoms with Gasteiger partial charge in [0.1, 0.15) is 0 Å². The van der Waals surface area contributed by atoms with Crippen LogP contribution in [-0.2, 0) is 0 Å². The molecule has 0 saturated heterocycles. The molecule has 5 nitrogen and oxygen atoms in total. The van der Waals surface area contributed by atoms with Crippen molar-refractivity contribution >= 4 is 28.2 Å². The first-order valence-corrected chi connectivity index (χ1v) is 7.64. The first kappa shape index (κ1) is 14.8. The second kappa shape index (κ2) is 5.83. The Morgan fingerprint density at radius 2 is 1.90 bits per heavy atom. The van der Waals surface area contributed by atoms with Gasteiger partial charge in [-0.1, -0.05) is 12.8 Å². The molecule has 110 valence electrons. The number of rotatable bonds is 3. The molecular formula is C14H21N3O2S. The quantitative estimate of drug-likeness (QED) is 0.895. The van der Waals surface area contributed by atoms with Crippen LogP contribution in [0.3, 0.4) is 0 Å². The van der Waals surface area contributed by atoms with Gasteiger partial charge in [-0.3, -0.25) is 9.59 Å². The molecule has 0 radical (unpaired) electrons. The van der Waals surface area contributed by atoms with Crippen LogP contribution in [0.15, 0.2) is 0 Å². The summed E-state index contributed by atoms with van der Waals surface area (Å²) in [5.41, 5.74) is 7.09. The van der Waals surface area contributed by atoms with Crippen molar-refractivity contribution in [1.29, 1.82) is 0 Å². The number of amides is 2. The van der Waals surface area contributed by atoms with E-state index in [0.717, 1.165) is 25.7 Å². The molecule has 20 heavy (non-hydrogen) atoms. The lowest BCUT2D eigenvalue weighted by molar-refractivity contribution is 0.0831. The fourth-order valence-corrected chi connectivity index (χ4v) is 3.65. The standard InChI is InChI=1S/C14H21N3O2S/c1-8-10(13(18)16-9-6-4-5-7-9)12(15)20-11(8)14(19)17(2)3/h9H,4-7,15H2,1-3H3,(H,16,18). The molecule has 2 amide bonds. The van der Waals surface area contributed by atoms with Crippen molar-refractivity contribution in [1.82, 2.24) is 10.2 Å². The lowest BCUT2D eigenvalue weighted by Crippen LogP contribution is -2.33. The molecule has 1 aliphatic carbocycles. The van der Waals surface area contributed by atoms with Crippen LogP contribution >= 0.6 is 11.3 Å². The van der Waals surface area contributed by atoms with Crippen molar-refractivity contribution in [3.05, 3.63) is 16.0 Å². The predicted molar refractivity (Wildman–Crippen MR) is 81.2 cm³/mol. The third kappa shape index (κ3) is 2.80. The van der Waals surface area contributed by atoms with E-state index in [-0.39, 0.29) is 17.9 Å². The number of nitrogens with one attached hydrogen (secondary N) is 1. The Kier molecular flexibility index (Phi) is 4.32. The molecule has 0 spiro atoms. The van der Waals surface area contributed by atoms with E-state index in [0.29, 0.717) is 21.0 Å². The highest BCUT2D eigenvalue weighted by molar-refractivity contribution is 7.18. The number of thiophene rings is 1. The zero-order valence-corrected chi connectivity index (χ0v) is 13.0. The monoisotopic (exact) mass is 295 g/mol. The maximum Gasteiger partial charge on any atom is 0.263 e. The minimum absolute atomic E-state index is 0.112. The Morgan fingerprint density at radius 1 is 1.30 bits per heavy atom. The average Bonchev–Trinajstić information content (AvgIpc) is 2.96. The zero-order chi connectivity index (χ0) is 14.9. The van der Waals surface area contributed by atoms with Gasteiger partial charge in [-0.15, -0.1) is 11.3 Å². The number of carbonyl (C=O) groups is 2. The number of nitrogen functional groups attached to an aromatic ring is 1. The van der Waals surface area contributed by atoms with E-state index in [9.17, 15) is 9.59 Å². The summed E-state index contributed by atoms with van der Waals surface area (Å²) in [4.78, 5) is 26.4. The van der Waals surface area contributed by atoms with Crippen LogP contribution in [0.25, 0.3) is 0 Å². The van der Waals surface area contributed by atoms with E-state index in [1.165, 1.54) is 16.2 Å². The molecule has 0 aliphatic heterocycles. The van der Waals surface area contributed by atoms with Crippen molar-refractivity contribution in [3.8, 4) is 0 Å². The predicted octanol–water partition coefficient (Wildman–Crippen LogP) is 2.01. The van der Waals surface area contributed by atoms with Gasteiger partial charge in [0, 0.05) is 20.1 Å². The molecule has 0 unspecified atom stereocenters. The zero-order valence-electron chi connectivity index (χ0n) is 12.2. The highest BCUT2D eigenvalue weighted by Crippen LogP contribution is 2.31. The molecule has 1 heterocycles. The molecule has 1 fully saturated rings. The third-order valence-electron chi connectivity index (χ3n) is 3.69. The van der Waals surface area contributed by atoms with Crippen LogP contribution in [0.5, 0.6) is 0 Å². The van der Waals surface area contributed by atoms with Crippen molar-refractivity contribution in [2.45, 2.75) is 38.6 Å². The summed E-state index contributed by atoms with van der Waals surface area (Å²) >= 11 is 1.19. The molecule has 1 aromatic heterocycles. The van der Waals surface area contributed by atoms with Gasteiger partial charge in [0.05, 0.1) is 15.4 Å². The average molecular weight is 295 g/mol. The summed E-state index contributed by atoms with van der Waals surface area (Å²) in [6.45, 7) is 1.78. The van der Waals surface area contributed by atoms with Crippen LogP contribution in [-0.4, -0.2) is 36.9 Å². The van der Waals surface area contributed by atoms with Crippen LogP contribution in [0.2, 0.25) is 0 Å². The number of hydrogen-bond acceptors (Lipinski definition) is 4. The molecule has 1 aliphatic rings. The number of carbonyl (C=O) groups excluding carboxylic acids is 2. The van der Waals surface area contributed by atoms with E-state index in [1.54, 1.807) is 21.0 Å². The van der Waals surface area contributed by atoms with Gasteiger partial charge >= 0.3 is 0 Å². The molecule has 2 rings (SSSR count). The van der Waals surface area contributed by atoms with Crippen LogP contribution in [0.4, 0.5) is 5.00 Å². The van der Waals surface area contributed by atoms with Crippen molar-refractivity contribution in [2.75, 3.05) is 19.8 Å². The third-order valence-corrected chi connectivity index (χ3v) is 4.80. The van der Waals surface area contributed by atoms with E-state index in [1.807, 2.05) is 0 Å². The Balaban J connectivity index is 2.23.